The first-order chi connectivity index (χ1) is 7.59. The molecule has 0 spiro atoms. The Morgan fingerprint density at radius 2 is 1.88 bits per heavy atom. The second-order valence-electron chi connectivity index (χ2n) is 5.27. The lowest BCUT2D eigenvalue weighted by Gasteiger charge is -2.23. The minimum Gasteiger partial charge on any atom is -0.381 e. The van der Waals surface area contributed by atoms with Crippen LogP contribution in [0, 0.1) is 11.8 Å². The highest BCUT2D eigenvalue weighted by molar-refractivity contribution is 5.78. The molecule has 16 heavy (non-hydrogen) atoms. The summed E-state index contributed by atoms with van der Waals surface area (Å²) < 4.78 is 5.25. The fourth-order valence-electron chi connectivity index (χ4n) is 1.98. The second-order valence-corrected chi connectivity index (χ2v) is 5.27. The Hall–Kier alpha value is -0.570. The van der Waals surface area contributed by atoms with E-state index in [9.17, 15) is 4.79 Å². The molecule has 1 rings (SSSR count). The summed E-state index contributed by atoms with van der Waals surface area (Å²) in [5, 5.41) is 3.11. The zero-order valence-electron chi connectivity index (χ0n) is 10.8. The highest BCUT2D eigenvalue weighted by atomic mass is 16.5. The second kappa shape index (κ2) is 6.89. The van der Waals surface area contributed by atoms with Crippen molar-refractivity contribution in [3.05, 3.63) is 0 Å². The minimum atomic E-state index is 0.176. The summed E-state index contributed by atoms with van der Waals surface area (Å²) in [5.74, 6) is 1.11. The third-order valence-electron chi connectivity index (χ3n) is 3.16. The molecule has 3 heteroatoms. The largest absolute Gasteiger partial charge is 0.381 e. The van der Waals surface area contributed by atoms with E-state index in [0.29, 0.717) is 12.0 Å². The van der Waals surface area contributed by atoms with Crippen LogP contribution < -0.4 is 5.32 Å². The van der Waals surface area contributed by atoms with Crippen molar-refractivity contribution in [1.29, 1.82) is 0 Å². The maximum absolute atomic E-state index is 11.9. The van der Waals surface area contributed by atoms with Crippen molar-refractivity contribution >= 4 is 5.91 Å². The minimum absolute atomic E-state index is 0.176. The van der Waals surface area contributed by atoms with Gasteiger partial charge in [0.2, 0.25) is 5.91 Å². The monoisotopic (exact) mass is 227 g/mol. The van der Waals surface area contributed by atoms with Gasteiger partial charge in [-0.15, -0.1) is 0 Å². The molecular weight excluding hydrogens is 202 g/mol. The molecule has 1 aliphatic rings. The Morgan fingerprint density at radius 1 is 1.25 bits per heavy atom. The predicted molar refractivity (Wildman–Crippen MR) is 65.2 cm³/mol. The topological polar surface area (TPSA) is 38.3 Å². The zero-order valence-corrected chi connectivity index (χ0v) is 10.8. The van der Waals surface area contributed by atoms with E-state index in [1.54, 1.807) is 0 Å². The smallest absolute Gasteiger partial charge is 0.223 e. The molecule has 1 fully saturated rings. The highest BCUT2D eigenvalue weighted by Crippen LogP contribution is 2.15. The Bertz CT molecular complexity index is 210. The average molecular weight is 227 g/mol. The van der Waals surface area contributed by atoms with Crippen LogP contribution in [-0.2, 0) is 9.53 Å². The lowest BCUT2D eigenvalue weighted by molar-refractivity contribution is -0.128. The summed E-state index contributed by atoms with van der Waals surface area (Å²) in [4.78, 5) is 11.9. The SMILES string of the molecule is CC(C)CCC(C)NC(=O)C1CCOCC1. The van der Waals surface area contributed by atoms with Crippen LogP contribution >= 0.6 is 0 Å². The van der Waals surface area contributed by atoms with Crippen LogP contribution in [0.1, 0.15) is 46.5 Å². The molecule has 3 nitrogen and oxygen atoms in total. The molecule has 1 unspecified atom stereocenters. The van der Waals surface area contributed by atoms with Crippen LogP contribution in [0.25, 0.3) is 0 Å². The Kier molecular flexibility index (Phi) is 5.81. The Labute approximate surface area is 98.9 Å². The number of carbonyl (C=O) groups excluding carboxylic acids is 1. The van der Waals surface area contributed by atoms with Crippen molar-refractivity contribution in [3.63, 3.8) is 0 Å². The number of ether oxygens (including phenoxy) is 1. The molecule has 1 saturated heterocycles. The molecule has 1 N–H and O–H groups in total. The van der Waals surface area contributed by atoms with Gasteiger partial charge in [-0.1, -0.05) is 13.8 Å². The first-order valence-corrected chi connectivity index (χ1v) is 6.47. The van der Waals surface area contributed by atoms with Gasteiger partial charge < -0.3 is 10.1 Å². The van der Waals surface area contributed by atoms with Gasteiger partial charge in [0.1, 0.15) is 0 Å². The van der Waals surface area contributed by atoms with Gasteiger partial charge in [0.15, 0.2) is 0 Å². The Balaban J connectivity index is 2.21. The van der Waals surface area contributed by atoms with E-state index >= 15 is 0 Å². The van der Waals surface area contributed by atoms with Gasteiger partial charge in [-0.2, -0.15) is 0 Å². The van der Waals surface area contributed by atoms with Crippen LogP contribution in [0.4, 0.5) is 0 Å². The third kappa shape index (κ3) is 4.97. The van der Waals surface area contributed by atoms with E-state index in [0.717, 1.165) is 32.5 Å². The summed E-state index contributed by atoms with van der Waals surface area (Å²) in [6.07, 6.45) is 4.01. The van der Waals surface area contributed by atoms with Crippen LogP contribution in [0.2, 0.25) is 0 Å². The molecule has 1 aliphatic heterocycles. The Morgan fingerprint density at radius 3 is 2.44 bits per heavy atom. The van der Waals surface area contributed by atoms with E-state index in [4.69, 9.17) is 4.74 Å². The molecule has 94 valence electrons. The summed E-state index contributed by atoms with van der Waals surface area (Å²) in [7, 11) is 0. The number of rotatable bonds is 5. The highest BCUT2D eigenvalue weighted by Gasteiger charge is 2.22. The quantitative estimate of drug-likeness (QED) is 0.783. The molecule has 0 bridgehead atoms. The van der Waals surface area contributed by atoms with Crippen molar-refractivity contribution in [2.45, 2.75) is 52.5 Å². The van der Waals surface area contributed by atoms with Crippen molar-refractivity contribution < 1.29 is 9.53 Å². The number of amides is 1. The van der Waals surface area contributed by atoms with Crippen LogP contribution in [-0.4, -0.2) is 25.2 Å². The van der Waals surface area contributed by atoms with Gasteiger partial charge in [-0.25, -0.2) is 0 Å². The summed E-state index contributed by atoms with van der Waals surface area (Å²) >= 11 is 0. The molecule has 0 radical (unpaired) electrons. The van der Waals surface area contributed by atoms with Gasteiger partial charge in [-0.05, 0) is 38.5 Å². The predicted octanol–water partition coefficient (Wildman–Crippen LogP) is 2.35. The van der Waals surface area contributed by atoms with E-state index in [1.165, 1.54) is 6.42 Å². The number of hydrogen-bond acceptors (Lipinski definition) is 2. The van der Waals surface area contributed by atoms with Gasteiger partial charge in [0.05, 0.1) is 0 Å². The molecular formula is C13H25NO2. The van der Waals surface area contributed by atoms with Gasteiger partial charge in [0, 0.05) is 25.2 Å². The van der Waals surface area contributed by atoms with Crippen molar-refractivity contribution in [1.82, 2.24) is 5.32 Å². The maximum atomic E-state index is 11.9. The fraction of sp³-hybridized carbons (Fsp3) is 0.923. The summed E-state index contributed by atoms with van der Waals surface area (Å²) in [6, 6.07) is 0.303. The zero-order chi connectivity index (χ0) is 12.0. The lowest BCUT2D eigenvalue weighted by atomic mass is 9.98. The van der Waals surface area contributed by atoms with Crippen LogP contribution in [0.15, 0.2) is 0 Å². The first-order valence-electron chi connectivity index (χ1n) is 6.47. The average Bonchev–Trinajstić information content (AvgIpc) is 2.27. The van der Waals surface area contributed by atoms with E-state index < -0.39 is 0 Å². The third-order valence-corrected chi connectivity index (χ3v) is 3.16. The summed E-state index contributed by atoms with van der Waals surface area (Å²) in [6.45, 7) is 8.00. The van der Waals surface area contributed by atoms with Gasteiger partial charge in [-0.3, -0.25) is 4.79 Å². The molecule has 0 aromatic heterocycles. The molecule has 0 saturated carbocycles. The number of hydrogen-bond donors (Lipinski definition) is 1. The molecule has 1 heterocycles. The standard InChI is InChI=1S/C13H25NO2/c1-10(2)4-5-11(3)14-13(15)12-6-8-16-9-7-12/h10-12H,4-9H2,1-3H3,(H,14,15). The number of carbonyl (C=O) groups is 1. The van der Waals surface area contributed by atoms with E-state index in [2.05, 4.69) is 26.1 Å². The number of nitrogens with one attached hydrogen (secondary N) is 1. The molecule has 0 aliphatic carbocycles. The maximum Gasteiger partial charge on any atom is 0.223 e. The molecule has 1 atom stereocenters. The normalized spacial score (nSPS) is 19.8. The molecule has 1 amide bonds. The van der Waals surface area contributed by atoms with Crippen molar-refractivity contribution in [2.24, 2.45) is 11.8 Å². The van der Waals surface area contributed by atoms with Gasteiger partial charge >= 0.3 is 0 Å². The van der Waals surface area contributed by atoms with Crippen LogP contribution in [0.5, 0.6) is 0 Å². The fourth-order valence-corrected chi connectivity index (χ4v) is 1.98. The molecule has 0 aromatic carbocycles. The van der Waals surface area contributed by atoms with Gasteiger partial charge in [0.25, 0.3) is 0 Å². The van der Waals surface area contributed by atoms with E-state index in [-0.39, 0.29) is 11.8 Å². The first kappa shape index (κ1) is 13.5. The van der Waals surface area contributed by atoms with Crippen molar-refractivity contribution in [2.75, 3.05) is 13.2 Å². The molecule has 0 aromatic rings. The lowest BCUT2D eigenvalue weighted by Crippen LogP contribution is -2.39. The van der Waals surface area contributed by atoms with E-state index in [1.807, 2.05) is 0 Å². The van der Waals surface area contributed by atoms with Crippen LogP contribution in [0.3, 0.4) is 0 Å². The van der Waals surface area contributed by atoms with Crippen molar-refractivity contribution in [3.8, 4) is 0 Å². The summed E-state index contributed by atoms with van der Waals surface area (Å²) in [5.41, 5.74) is 0.